The Morgan fingerprint density at radius 2 is 1.62 bits per heavy atom. The van der Waals surface area contributed by atoms with E-state index in [-0.39, 0.29) is 21.6 Å². The molecule has 7 nitrogen and oxygen atoms in total. The van der Waals surface area contributed by atoms with Crippen LogP contribution in [0.4, 0.5) is 5.69 Å². The topological polar surface area (TPSA) is 111 Å². The molecule has 0 aliphatic rings. The first-order valence-electron chi connectivity index (χ1n) is 6.45. The van der Waals surface area contributed by atoms with E-state index in [2.05, 4.69) is 0 Å². The van der Waals surface area contributed by atoms with Gasteiger partial charge in [0.1, 0.15) is 5.56 Å². The molecule has 2 aromatic carbocycles. The molecule has 0 heterocycles. The Morgan fingerprint density at radius 3 is 2.12 bits per heavy atom. The number of benzene rings is 2. The van der Waals surface area contributed by atoms with E-state index in [0.717, 1.165) is 24.5 Å². The molecule has 0 fully saturated rings. The zero-order valence-corrected chi connectivity index (χ0v) is 13.8. The van der Waals surface area contributed by atoms with Crippen molar-refractivity contribution in [2.75, 3.05) is 6.26 Å². The van der Waals surface area contributed by atoms with Crippen LogP contribution in [0.2, 0.25) is 0 Å². The predicted molar refractivity (Wildman–Crippen MR) is 86.3 cm³/mol. The molecule has 0 aromatic heterocycles. The zero-order chi connectivity index (χ0) is 18.1. The van der Waals surface area contributed by atoms with Gasteiger partial charge in [-0.1, -0.05) is 18.2 Å². The average Bonchev–Trinajstić information content (AvgIpc) is 2.52. The summed E-state index contributed by atoms with van der Waals surface area (Å²) in [5, 5.41) is 10.3. The molecule has 2 rings (SSSR count). The van der Waals surface area contributed by atoms with E-state index in [0.29, 0.717) is 0 Å². The standard InChI is InChI=1S/C15H10ClNO6S/c1-24(22,23)9-6-7-12(13(8-9)17(20)21)14(18)10-4-2-3-5-11(10)15(16)19/h2-8H,1H3. The molecule has 0 spiro atoms. The SMILES string of the molecule is CS(=O)(=O)c1ccc(C(=O)c2ccccc2C(=O)Cl)c([N+](=O)[O-])c1. The second kappa shape index (κ2) is 6.50. The molecule has 0 bridgehead atoms. The maximum atomic E-state index is 12.6. The van der Waals surface area contributed by atoms with Crippen molar-refractivity contribution >= 4 is 38.2 Å². The molecule has 0 amide bonds. The Balaban J connectivity index is 2.67. The van der Waals surface area contributed by atoms with Gasteiger partial charge in [0, 0.05) is 23.4 Å². The van der Waals surface area contributed by atoms with Crippen LogP contribution in [-0.4, -0.2) is 30.6 Å². The third-order valence-electron chi connectivity index (χ3n) is 3.22. The van der Waals surface area contributed by atoms with E-state index in [4.69, 9.17) is 11.6 Å². The number of nitro groups is 1. The van der Waals surface area contributed by atoms with Crippen molar-refractivity contribution in [3.05, 3.63) is 69.3 Å². The molecule has 0 radical (unpaired) electrons. The first kappa shape index (κ1) is 17.8. The van der Waals surface area contributed by atoms with Crippen LogP contribution in [0.15, 0.2) is 47.4 Å². The number of rotatable bonds is 5. The Bertz CT molecular complexity index is 968. The van der Waals surface area contributed by atoms with Crippen molar-refractivity contribution < 1.29 is 22.9 Å². The second-order valence-corrected chi connectivity index (χ2v) is 7.22. The third-order valence-corrected chi connectivity index (χ3v) is 4.54. The van der Waals surface area contributed by atoms with Gasteiger partial charge in [-0.15, -0.1) is 0 Å². The highest BCUT2D eigenvalue weighted by molar-refractivity contribution is 7.90. The van der Waals surface area contributed by atoms with Crippen molar-refractivity contribution in [1.29, 1.82) is 0 Å². The Kier molecular flexibility index (Phi) is 4.81. The maximum absolute atomic E-state index is 12.6. The van der Waals surface area contributed by atoms with Crippen molar-refractivity contribution in [3.63, 3.8) is 0 Å². The number of nitrogens with zero attached hydrogens (tertiary/aromatic N) is 1. The van der Waals surface area contributed by atoms with Crippen LogP contribution < -0.4 is 0 Å². The molecule has 0 atom stereocenters. The van der Waals surface area contributed by atoms with Crippen LogP contribution in [0, 0.1) is 10.1 Å². The monoisotopic (exact) mass is 367 g/mol. The Labute approximate surface area is 141 Å². The van der Waals surface area contributed by atoms with Gasteiger partial charge in [0.05, 0.1) is 9.82 Å². The lowest BCUT2D eigenvalue weighted by Gasteiger charge is -2.07. The highest BCUT2D eigenvalue weighted by atomic mass is 35.5. The van der Waals surface area contributed by atoms with Gasteiger partial charge in [0.15, 0.2) is 9.84 Å². The van der Waals surface area contributed by atoms with Crippen LogP contribution in [-0.2, 0) is 9.84 Å². The zero-order valence-electron chi connectivity index (χ0n) is 12.2. The van der Waals surface area contributed by atoms with E-state index in [1.807, 2.05) is 0 Å². The van der Waals surface area contributed by atoms with Crippen molar-refractivity contribution in [2.45, 2.75) is 4.90 Å². The van der Waals surface area contributed by atoms with Gasteiger partial charge < -0.3 is 0 Å². The molecule has 24 heavy (non-hydrogen) atoms. The van der Waals surface area contributed by atoms with Crippen LogP contribution in [0.5, 0.6) is 0 Å². The molecule has 124 valence electrons. The van der Waals surface area contributed by atoms with Gasteiger partial charge in [-0.3, -0.25) is 19.7 Å². The molecular weight excluding hydrogens is 358 g/mol. The molecule has 0 saturated carbocycles. The highest BCUT2D eigenvalue weighted by Crippen LogP contribution is 2.27. The van der Waals surface area contributed by atoms with Crippen molar-refractivity contribution in [2.24, 2.45) is 0 Å². The summed E-state index contributed by atoms with van der Waals surface area (Å²) < 4.78 is 23.1. The van der Waals surface area contributed by atoms with Crippen molar-refractivity contribution in [1.82, 2.24) is 0 Å². The average molecular weight is 368 g/mol. The minimum absolute atomic E-state index is 0.0920. The number of hydrogen-bond donors (Lipinski definition) is 0. The van der Waals surface area contributed by atoms with Gasteiger partial charge in [0.2, 0.25) is 5.78 Å². The number of sulfone groups is 1. The maximum Gasteiger partial charge on any atom is 0.281 e. The summed E-state index contributed by atoms with van der Waals surface area (Å²) in [7, 11) is -3.68. The smallest absolute Gasteiger partial charge is 0.281 e. The molecular formula is C15H10ClNO6S. The lowest BCUT2D eigenvalue weighted by molar-refractivity contribution is -0.385. The highest BCUT2D eigenvalue weighted by Gasteiger charge is 2.26. The largest absolute Gasteiger partial charge is 0.288 e. The number of ketones is 1. The Morgan fingerprint density at radius 1 is 1.04 bits per heavy atom. The van der Waals surface area contributed by atoms with Gasteiger partial charge in [-0.05, 0) is 29.8 Å². The number of halogens is 1. The molecule has 0 aliphatic carbocycles. The minimum atomic E-state index is -3.68. The summed E-state index contributed by atoms with van der Waals surface area (Å²) in [6, 6.07) is 8.56. The summed E-state index contributed by atoms with van der Waals surface area (Å²) in [5.41, 5.74) is -1.20. The fourth-order valence-corrected chi connectivity index (χ4v) is 2.89. The van der Waals surface area contributed by atoms with Gasteiger partial charge in [-0.2, -0.15) is 0 Å². The van der Waals surface area contributed by atoms with E-state index < -0.39 is 31.5 Å². The molecule has 0 N–H and O–H groups in total. The number of nitro benzene ring substituents is 1. The number of carbonyl (C=O) groups excluding carboxylic acids is 2. The normalized spacial score (nSPS) is 11.1. The fraction of sp³-hybridized carbons (Fsp3) is 0.0667. The fourth-order valence-electron chi connectivity index (χ4n) is 2.08. The molecule has 0 aliphatic heterocycles. The lowest BCUT2D eigenvalue weighted by Crippen LogP contribution is -2.10. The van der Waals surface area contributed by atoms with E-state index in [1.54, 1.807) is 0 Å². The number of hydrogen-bond acceptors (Lipinski definition) is 6. The number of carbonyl (C=O) groups is 2. The molecule has 9 heteroatoms. The van der Waals surface area contributed by atoms with Crippen LogP contribution in [0.25, 0.3) is 0 Å². The summed E-state index contributed by atoms with van der Waals surface area (Å²) in [5.74, 6) is -0.800. The first-order chi connectivity index (χ1) is 11.1. The van der Waals surface area contributed by atoms with E-state index in [9.17, 15) is 28.1 Å². The van der Waals surface area contributed by atoms with Crippen molar-refractivity contribution in [3.8, 4) is 0 Å². The summed E-state index contributed by atoms with van der Waals surface area (Å²) >= 11 is 5.42. The van der Waals surface area contributed by atoms with Gasteiger partial charge in [0.25, 0.3) is 10.9 Å². The summed E-state index contributed by atoms with van der Waals surface area (Å²) in [6.45, 7) is 0. The second-order valence-electron chi connectivity index (χ2n) is 4.86. The van der Waals surface area contributed by atoms with E-state index >= 15 is 0 Å². The molecule has 0 unspecified atom stereocenters. The third kappa shape index (κ3) is 3.50. The minimum Gasteiger partial charge on any atom is -0.288 e. The summed E-state index contributed by atoms with van der Waals surface area (Å²) in [4.78, 5) is 34.1. The molecule has 2 aromatic rings. The predicted octanol–water partition coefficient (Wildman–Crippen LogP) is 2.61. The first-order valence-corrected chi connectivity index (χ1v) is 8.72. The van der Waals surface area contributed by atoms with Gasteiger partial charge in [-0.25, -0.2) is 8.42 Å². The van der Waals surface area contributed by atoms with Crippen LogP contribution >= 0.6 is 11.6 Å². The quantitative estimate of drug-likeness (QED) is 0.347. The van der Waals surface area contributed by atoms with Crippen LogP contribution in [0.1, 0.15) is 26.3 Å². The van der Waals surface area contributed by atoms with Crippen LogP contribution in [0.3, 0.4) is 0 Å². The molecule has 0 saturated heterocycles. The lowest BCUT2D eigenvalue weighted by atomic mass is 9.98. The van der Waals surface area contributed by atoms with Gasteiger partial charge >= 0.3 is 0 Å². The van der Waals surface area contributed by atoms with E-state index in [1.165, 1.54) is 24.3 Å². The summed E-state index contributed by atoms with van der Waals surface area (Å²) in [6.07, 6.45) is 0.898. The Hall–Kier alpha value is -2.58.